The molecule has 1 rings (SSSR count). The second-order valence-corrected chi connectivity index (χ2v) is 7.02. The number of oxime groups is 1. The molecule has 1 unspecified atom stereocenters. The Morgan fingerprint density at radius 1 is 1.22 bits per heavy atom. The molecule has 0 spiro atoms. The van der Waals surface area contributed by atoms with Crippen LogP contribution >= 0.6 is 0 Å². The lowest BCUT2D eigenvalue weighted by Crippen LogP contribution is -2.47. The van der Waals surface area contributed by atoms with Crippen molar-refractivity contribution in [2.45, 2.75) is 67.0 Å². The number of carbonyl (C=O) groups excluding carboxylic acids is 1. The van der Waals surface area contributed by atoms with Gasteiger partial charge in [-0.3, -0.25) is 18.7 Å². The van der Waals surface area contributed by atoms with Crippen molar-refractivity contribution in [2.75, 3.05) is 7.11 Å². The second-order valence-electron chi connectivity index (χ2n) is 7.02. The molecule has 9 heteroatoms. The molecule has 1 aromatic heterocycles. The highest BCUT2D eigenvalue weighted by Crippen LogP contribution is 1.99. The van der Waals surface area contributed by atoms with Gasteiger partial charge in [0.1, 0.15) is 12.8 Å². The summed E-state index contributed by atoms with van der Waals surface area (Å²) in [7, 11) is 1.45. The Morgan fingerprint density at radius 2 is 1.85 bits per heavy atom. The maximum absolute atomic E-state index is 12.8. The van der Waals surface area contributed by atoms with E-state index < -0.39 is 17.3 Å². The molecule has 0 aromatic carbocycles. The van der Waals surface area contributed by atoms with Crippen molar-refractivity contribution >= 4 is 11.6 Å². The molecule has 1 N–H and O–H groups in total. The molecular formula is C18H30N4O5. The van der Waals surface area contributed by atoms with Crippen LogP contribution in [0.3, 0.4) is 0 Å². The van der Waals surface area contributed by atoms with E-state index in [4.69, 9.17) is 9.57 Å². The van der Waals surface area contributed by atoms with Crippen LogP contribution in [0.15, 0.2) is 20.9 Å². The lowest BCUT2D eigenvalue weighted by atomic mass is 10.2. The molecular weight excluding hydrogens is 352 g/mol. The number of rotatable bonds is 9. The number of ether oxygens (including phenoxy) is 1. The van der Waals surface area contributed by atoms with Crippen LogP contribution in [0.1, 0.15) is 47.1 Å². The van der Waals surface area contributed by atoms with Crippen LogP contribution in [0.4, 0.5) is 0 Å². The first-order valence-electron chi connectivity index (χ1n) is 8.92. The maximum Gasteiger partial charge on any atom is 0.332 e. The van der Waals surface area contributed by atoms with Gasteiger partial charge in [0.25, 0.3) is 5.56 Å². The Hall–Kier alpha value is -2.42. The first kappa shape index (κ1) is 22.6. The molecule has 0 aliphatic carbocycles. The molecule has 0 saturated carbocycles. The van der Waals surface area contributed by atoms with Crippen molar-refractivity contribution in [1.29, 1.82) is 0 Å². The zero-order valence-electron chi connectivity index (χ0n) is 17.1. The summed E-state index contributed by atoms with van der Waals surface area (Å²) in [5.41, 5.74) is -0.429. The molecule has 0 aliphatic rings. The third-order valence-electron chi connectivity index (χ3n) is 3.66. The normalized spacial score (nSPS) is 13.1. The van der Waals surface area contributed by atoms with E-state index in [1.807, 2.05) is 13.8 Å². The first-order chi connectivity index (χ1) is 12.6. The fourth-order valence-electron chi connectivity index (χ4n) is 2.26. The second kappa shape index (κ2) is 10.1. The molecule has 1 heterocycles. The zero-order valence-corrected chi connectivity index (χ0v) is 17.1. The van der Waals surface area contributed by atoms with Gasteiger partial charge in [-0.25, -0.2) is 4.79 Å². The highest BCUT2D eigenvalue weighted by molar-refractivity contribution is 5.97. The standard InChI is InChI=1S/C18H30N4O5/c1-11(2)16(23)19-13(5)8-22-17(24)15(14(6)20-27-12(3)4)9-21(10-26-7)18(22)25/h9,11-13H,8,10H2,1-7H3,(H,19,23). The summed E-state index contributed by atoms with van der Waals surface area (Å²) in [6.45, 7) is 10.6. The van der Waals surface area contributed by atoms with E-state index in [1.165, 1.54) is 17.9 Å². The maximum atomic E-state index is 12.8. The van der Waals surface area contributed by atoms with Crippen molar-refractivity contribution in [3.8, 4) is 0 Å². The average Bonchev–Trinajstić information content (AvgIpc) is 2.58. The predicted octanol–water partition coefficient (Wildman–Crippen LogP) is 0.924. The monoisotopic (exact) mass is 382 g/mol. The Morgan fingerprint density at radius 3 is 2.37 bits per heavy atom. The molecule has 9 nitrogen and oxygen atoms in total. The number of hydrogen-bond donors (Lipinski definition) is 1. The minimum Gasteiger partial charge on any atom is -0.393 e. The summed E-state index contributed by atoms with van der Waals surface area (Å²) in [5.74, 6) is -0.338. The minimum atomic E-state index is -0.520. The van der Waals surface area contributed by atoms with Gasteiger partial charge in [-0.15, -0.1) is 0 Å². The largest absolute Gasteiger partial charge is 0.393 e. The molecule has 0 aliphatic heterocycles. The number of methoxy groups -OCH3 is 1. The molecule has 152 valence electrons. The van der Waals surface area contributed by atoms with E-state index >= 15 is 0 Å². The summed E-state index contributed by atoms with van der Waals surface area (Å²) in [6, 6.07) is -0.402. The predicted molar refractivity (Wildman–Crippen MR) is 103 cm³/mol. The van der Waals surface area contributed by atoms with Crippen LogP contribution in [0.2, 0.25) is 0 Å². The topological polar surface area (TPSA) is 104 Å². The smallest absolute Gasteiger partial charge is 0.332 e. The molecule has 0 radical (unpaired) electrons. The van der Waals surface area contributed by atoms with E-state index in [9.17, 15) is 14.4 Å². The van der Waals surface area contributed by atoms with Gasteiger partial charge in [-0.1, -0.05) is 19.0 Å². The van der Waals surface area contributed by atoms with E-state index in [0.717, 1.165) is 4.57 Å². The van der Waals surface area contributed by atoms with Crippen LogP contribution in [-0.2, 0) is 27.6 Å². The summed E-state index contributed by atoms with van der Waals surface area (Å²) in [5, 5.41) is 6.74. The number of carbonyl (C=O) groups is 1. The van der Waals surface area contributed by atoms with E-state index in [0.29, 0.717) is 5.71 Å². The summed E-state index contributed by atoms with van der Waals surface area (Å²) < 4.78 is 7.40. The van der Waals surface area contributed by atoms with Crippen molar-refractivity contribution < 1.29 is 14.4 Å². The van der Waals surface area contributed by atoms with Crippen LogP contribution in [0.5, 0.6) is 0 Å². The van der Waals surface area contributed by atoms with Crippen molar-refractivity contribution in [1.82, 2.24) is 14.5 Å². The Kier molecular flexibility index (Phi) is 8.42. The third-order valence-corrected chi connectivity index (χ3v) is 3.66. The SMILES string of the molecule is COCn1cc(C(C)=NOC(C)C)c(=O)n(CC(C)NC(=O)C(C)C)c1=O. The van der Waals surface area contributed by atoms with Gasteiger partial charge in [-0.2, -0.15) is 0 Å². The molecule has 0 bridgehead atoms. The molecule has 0 saturated heterocycles. The first-order valence-corrected chi connectivity index (χ1v) is 8.92. The fourth-order valence-corrected chi connectivity index (χ4v) is 2.26. The zero-order chi connectivity index (χ0) is 20.7. The Balaban J connectivity index is 3.33. The van der Waals surface area contributed by atoms with Crippen LogP contribution in [-0.4, -0.2) is 40.0 Å². The van der Waals surface area contributed by atoms with Crippen LogP contribution in [0.25, 0.3) is 0 Å². The van der Waals surface area contributed by atoms with Crippen molar-refractivity contribution in [3.05, 3.63) is 32.6 Å². The number of hydrogen-bond acceptors (Lipinski definition) is 6. The fraction of sp³-hybridized carbons (Fsp3) is 0.667. The third kappa shape index (κ3) is 6.35. The molecule has 0 fully saturated rings. The molecule has 1 amide bonds. The number of amides is 1. The van der Waals surface area contributed by atoms with Crippen LogP contribution in [0, 0.1) is 5.92 Å². The quantitative estimate of drug-likeness (QED) is 0.505. The van der Waals surface area contributed by atoms with Crippen molar-refractivity contribution in [3.63, 3.8) is 0 Å². The average molecular weight is 382 g/mol. The van der Waals surface area contributed by atoms with Crippen molar-refractivity contribution in [2.24, 2.45) is 11.1 Å². The van der Waals surface area contributed by atoms with E-state index in [-0.39, 0.29) is 36.8 Å². The molecule has 1 aromatic rings. The van der Waals surface area contributed by atoms with E-state index in [1.54, 1.807) is 27.7 Å². The Labute approximate surface area is 159 Å². The molecule has 1 atom stereocenters. The minimum absolute atomic E-state index is 0.0167. The van der Waals surface area contributed by atoms with Crippen LogP contribution < -0.4 is 16.6 Å². The number of aromatic nitrogens is 2. The van der Waals surface area contributed by atoms with Gasteiger partial charge in [0.2, 0.25) is 5.91 Å². The van der Waals surface area contributed by atoms with E-state index in [2.05, 4.69) is 10.5 Å². The van der Waals surface area contributed by atoms with Gasteiger partial charge >= 0.3 is 5.69 Å². The lowest BCUT2D eigenvalue weighted by molar-refractivity contribution is -0.124. The van der Waals surface area contributed by atoms with Gasteiger partial charge in [-0.05, 0) is 27.7 Å². The van der Waals surface area contributed by atoms with Gasteiger partial charge < -0.3 is 14.9 Å². The molecule has 27 heavy (non-hydrogen) atoms. The Bertz CT molecular complexity index is 792. The number of nitrogens with zero attached hydrogens (tertiary/aromatic N) is 3. The summed E-state index contributed by atoms with van der Waals surface area (Å²) in [4.78, 5) is 42.6. The highest BCUT2D eigenvalue weighted by atomic mass is 16.6. The van der Waals surface area contributed by atoms with Gasteiger partial charge in [0, 0.05) is 25.3 Å². The van der Waals surface area contributed by atoms with Gasteiger partial charge in [0.05, 0.1) is 17.8 Å². The summed E-state index contributed by atoms with van der Waals surface area (Å²) in [6.07, 6.45) is 1.27. The lowest BCUT2D eigenvalue weighted by Gasteiger charge is -2.18. The summed E-state index contributed by atoms with van der Waals surface area (Å²) >= 11 is 0. The van der Waals surface area contributed by atoms with Gasteiger partial charge in [0.15, 0.2) is 0 Å². The number of nitrogens with one attached hydrogen (secondary N) is 1. The highest BCUT2D eigenvalue weighted by Gasteiger charge is 2.18.